The lowest BCUT2D eigenvalue weighted by atomic mass is 10.00. The first-order valence-corrected chi connectivity index (χ1v) is 3.90. The molecule has 2 atom stereocenters. The Morgan fingerprint density at radius 2 is 2.40 bits per heavy atom. The van der Waals surface area contributed by atoms with Crippen LogP contribution in [-0.2, 0) is 9.53 Å². The lowest BCUT2D eigenvalue weighted by Gasteiger charge is -2.10. The first-order valence-electron chi connectivity index (χ1n) is 3.90. The van der Waals surface area contributed by atoms with E-state index in [1.54, 1.807) is 0 Å². The molecule has 0 saturated carbocycles. The maximum Gasteiger partial charge on any atom is 0.163 e. The SMILES string of the molecule is CCCC1OCC(=O)C1C. The van der Waals surface area contributed by atoms with Gasteiger partial charge in [-0.1, -0.05) is 20.3 Å². The first-order chi connectivity index (χ1) is 4.75. The predicted octanol–water partition coefficient (Wildman–Crippen LogP) is 1.39. The van der Waals surface area contributed by atoms with E-state index in [0.717, 1.165) is 12.8 Å². The third kappa shape index (κ3) is 1.37. The number of ketones is 1. The Bertz CT molecular complexity index is 131. The van der Waals surface area contributed by atoms with Crippen molar-refractivity contribution in [2.45, 2.75) is 32.8 Å². The average Bonchev–Trinajstić information content (AvgIpc) is 2.20. The second kappa shape index (κ2) is 3.15. The third-order valence-corrected chi connectivity index (χ3v) is 2.08. The summed E-state index contributed by atoms with van der Waals surface area (Å²) in [7, 11) is 0. The molecule has 0 bridgehead atoms. The predicted molar refractivity (Wildman–Crippen MR) is 38.8 cm³/mol. The van der Waals surface area contributed by atoms with Gasteiger partial charge in [0.2, 0.25) is 0 Å². The molecule has 1 heterocycles. The molecule has 10 heavy (non-hydrogen) atoms. The molecule has 0 aliphatic carbocycles. The van der Waals surface area contributed by atoms with Crippen molar-refractivity contribution in [2.24, 2.45) is 5.92 Å². The van der Waals surface area contributed by atoms with Crippen LogP contribution >= 0.6 is 0 Å². The summed E-state index contributed by atoms with van der Waals surface area (Å²) in [6, 6.07) is 0. The molecular weight excluding hydrogens is 128 g/mol. The summed E-state index contributed by atoms with van der Waals surface area (Å²) < 4.78 is 5.27. The fourth-order valence-electron chi connectivity index (χ4n) is 1.29. The van der Waals surface area contributed by atoms with E-state index in [1.807, 2.05) is 6.92 Å². The lowest BCUT2D eigenvalue weighted by Crippen LogP contribution is -2.16. The highest BCUT2D eigenvalue weighted by molar-refractivity contribution is 5.84. The molecule has 1 aliphatic heterocycles. The van der Waals surface area contributed by atoms with Crippen molar-refractivity contribution >= 4 is 5.78 Å². The molecule has 0 aromatic rings. The largest absolute Gasteiger partial charge is 0.370 e. The molecule has 1 saturated heterocycles. The summed E-state index contributed by atoms with van der Waals surface area (Å²) in [5.74, 6) is 0.401. The van der Waals surface area contributed by atoms with E-state index in [0.29, 0.717) is 6.61 Å². The monoisotopic (exact) mass is 142 g/mol. The molecule has 0 aromatic carbocycles. The number of ether oxygens (including phenoxy) is 1. The van der Waals surface area contributed by atoms with Crippen molar-refractivity contribution in [3.05, 3.63) is 0 Å². The molecule has 2 nitrogen and oxygen atoms in total. The van der Waals surface area contributed by atoms with Crippen molar-refractivity contribution in [3.8, 4) is 0 Å². The van der Waals surface area contributed by atoms with Crippen LogP contribution in [0.25, 0.3) is 0 Å². The van der Waals surface area contributed by atoms with E-state index in [2.05, 4.69) is 6.92 Å². The van der Waals surface area contributed by atoms with Crippen LogP contribution in [0.4, 0.5) is 0 Å². The molecule has 1 aliphatic rings. The molecule has 0 N–H and O–H groups in total. The van der Waals surface area contributed by atoms with Crippen LogP contribution in [0.3, 0.4) is 0 Å². The zero-order chi connectivity index (χ0) is 7.56. The Kier molecular flexibility index (Phi) is 2.44. The summed E-state index contributed by atoms with van der Waals surface area (Å²) in [6.45, 7) is 4.40. The summed E-state index contributed by atoms with van der Waals surface area (Å²) >= 11 is 0. The van der Waals surface area contributed by atoms with Gasteiger partial charge in [-0.15, -0.1) is 0 Å². The van der Waals surface area contributed by atoms with E-state index < -0.39 is 0 Å². The average molecular weight is 142 g/mol. The normalized spacial score (nSPS) is 33.2. The minimum absolute atomic E-state index is 0.139. The molecule has 2 unspecified atom stereocenters. The van der Waals surface area contributed by atoms with Gasteiger partial charge in [0.05, 0.1) is 6.10 Å². The maximum absolute atomic E-state index is 10.9. The van der Waals surface area contributed by atoms with Crippen molar-refractivity contribution in [1.82, 2.24) is 0 Å². The van der Waals surface area contributed by atoms with Crippen molar-refractivity contribution in [2.75, 3.05) is 6.61 Å². The maximum atomic E-state index is 10.9. The minimum Gasteiger partial charge on any atom is -0.370 e. The quantitative estimate of drug-likeness (QED) is 0.582. The standard InChI is InChI=1S/C8H14O2/c1-3-4-8-6(2)7(9)5-10-8/h6,8H,3-5H2,1-2H3. The van der Waals surface area contributed by atoms with E-state index in [4.69, 9.17) is 4.74 Å². The van der Waals surface area contributed by atoms with Gasteiger partial charge in [0.25, 0.3) is 0 Å². The van der Waals surface area contributed by atoms with Gasteiger partial charge in [-0.3, -0.25) is 4.79 Å². The fraction of sp³-hybridized carbons (Fsp3) is 0.875. The van der Waals surface area contributed by atoms with Crippen molar-refractivity contribution in [3.63, 3.8) is 0 Å². The highest BCUT2D eigenvalue weighted by Crippen LogP contribution is 2.20. The van der Waals surface area contributed by atoms with Crippen molar-refractivity contribution < 1.29 is 9.53 Å². The smallest absolute Gasteiger partial charge is 0.163 e. The van der Waals surface area contributed by atoms with Crippen LogP contribution in [0.2, 0.25) is 0 Å². The van der Waals surface area contributed by atoms with Crippen LogP contribution in [0, 0.1) is 5.92 Å². The van der Waals surface area contributed by atoms with Gasteiger partial charge in [0.15, 0.2) is 5.78 Å². The van der Waals surface area contributed by atoms with Crippen LogP contribution in [0.5, 0.6) is 0 Å². The van der Waals surface area contributed by atoms with E-state index in [1.165, 1.54) is 0 Å². The Balaban J connectivity index is 2.41. The topological polar surface area (TPSA) is 26.3 Å². The van der Waals surface area contributed by atoms with Gasteiger partial charge >= 0.3 is 0 Å². The Hall–Kier alpha value is -0.370. The molecule has 0 aromatic heterocycles. The number of carbonyl (C=O) groups is 1. The van der Waals surface area contributed by atoms with Crippen LogP contribution < -0.4 is 0 Å². The third-order valence-electron chi connectivity index (χ3n) is 2.08. The molecular formula is C8H14O2. The molecule has 0 radical (unpaired) electrons. The van der Waals surface area contributed by atoms with Crippen LogP contribution in [0.15, 0.2) is 0 Å². The Labute approximate surface area is 61.6 Å². The van der Waals surface area contributed by atoms with Crippen LogP contribution in [-0.4, -0.2) is 18.5 Å². The number of Topliss-reactive ketones (excluding diaryl/α,β-unsaturated/α-hetero) is 1. The van der Waals surface area contributed by atoms with E-state index in [9.17, 15) is 4.79 Å². The van der Waals surface area contributed by atoms with Gasteiger partial charge in [-0.05, 0) is 6.42 Å². The van der Waals surface area contributed by atoms with Gasteiger partial charge in [0.1, 0.15) is 6.61 Å². The zero-order valence-corrected chi connectivity index (χ0v) is 6.59. The van der Waals surface area contributed by atoms with E-state index >= 15 is 0 Å². The number of hydrogen-bond donors (Lipinski definition) is 0. The summed E-state index contributed by atoms with van der Waals surface area (Å²) in [5.41, 5.74) is 0. The lowest BCUT2D eigenvalue weighted by molar-refractivity contribution is -0.120. The second-order valence-corrected chi connectivity index (χ2v) is 2.89. The molecule has 1 rings (SSSR count). The number of hydrogen-bond acceptors (Lipinski definition) is 2. The number of carbonyl (C=O) groups excluding carboxylic acids is 1. The summed E-state index contributed by atoms with van der Waals surface area (Å²) in [4.78, 5) is 10.9. The van der Waals surface area contributed by atoms with Crippen molar-refractivity contribution in [1.29, 1.82) is 0 Å². The highest BCUT2D eigenvalue weighted by atomic mass is 16.5. The second-order valence-electron chi connectivity index (χ2n) is 2.89. The molecule has 1 fully saturated rings. The molecule has 0 amide bonds. The summed E-state index contributed by atoms with van der Waals surface area (Å²) in [6.07, 6.45) is 2.33. The van der Waals surface area contributed by atoms with E-state index in [-0.39, 0.29) is 17.8 Å². The highest BCUT2D eigenvalue weighted by Gasteiger charge is 2.30. The number of rotatable bonds is 2. The van der Waals surface area contributed by atoms with Gasteiger partial charge in [0, 0.05) is 5.92 Å². The Morgan fingerprint density at radius 3 is 2.80 bits per heavy atom. The molecule has 58 valence electrons. The van der Waals surface area contributed by atoms with Crippen LogP contribution in [0.1, 0.15) is 26.7 Å². The fourth-order valence-corrected chi connectivity index (χ4v) is 1.29. The summed E-state index contributed by atoms with van der Waals surface area (Å²) in [5, 5.41) is 0. The molecule has 2 heteroatoms. The minimum atomic E-state index is 0.139. The Morgan fingerprint density at radius 1 is 1.70 bits per heavy atom. The van der Waals surface area contributed by atoms with Gasteiger partial charge in [-0.25, -0.2) is 0 Å². The molecule has 0 spiro atoms. The zero-order valence-electron chi connectivity index (χ0n) is 6.59. The first kappa shape index (κ1) is 7.73. The van der Waals surface area contributed by atoms with Gasteiger partial charge in [-0.2, -0.15) is 0 Å². The van der Waals surface area contributed by atoms with Gasteiger partial charge < -0.3 is 4.74 Å².